The molecule has 2 aromatic heterocycles. The normalized spacial score (nSPS) is 12.8. The lowest BCUT2D eigenvalue weighted by Crippen LogP contribution is -2.22. The van der Waals surface area contributed by atoms with E-state index in [2.05, 4.69) is 39.7 Å². The second-order valence-electron chi connectivity index (χ2n) is 4.10. The molecule has 1 unspecified atom stereocenters. The van der Waals surface area contributed by atoms with Crippen LogP contribution in [0.2, 0.25) is 0 Å². The van der Waals surface area contributed by atoms with Crippen molar-refractivity contribution < 1.29 is 0 Å². The van der Waals surface area contributed by atoms with Crippen molar-refractivity contribution in [1.82, 2.24) is 15.3 Å². The van der Waals surface area contributed by atoms with Gasteiger partial charge in [0.2, 0.25) is 0 Å². The van der Waals surface area contributed by atoms with E-state index in [1.54, 1.807) is 6.33 Å². The van der Waals surface area contributed by atoms with Gasteiger partial charge in [-0.1, -0.05) is 13.0 Å². The molecule has 0 aromatic carbocycles. The van der Waals surface area contributed by atoms with Gasteiger partial charge in [0.25, 0.3) is 0 Å². The second-order valence-corrected chi connectivity index (χ2v) is 5.13. The maximum atomic E-state index is 3.99. The van der Waals surface area contributed by atoms with Crippen molar-refractivity contribution in [2.75, 3.05) is 6.54 Å². The van der Waals surface area contributed by atoms with Gasteiger partial charge in [0.05, 0.1) is 6.33 Å². The molecule has 4 heteroatoms. The quantitative estimate of drug-likeness (QED) is 0.807. The number of aromatic nitrogens is 2. The molecule has 2 heterocycles. The van der Waals surface area contributed by atoms with Crippen LogP contribution in [-0.4, -0.2) is 16.5 Å². The van der Waals surface area contributed by atoms with Crippen molar-refractivity contribution in [1.29, 1.82) is 0 Å². The highest BCUT2D eigenvalue weighted by atomic mass is 32.1. The Hall–Kier alpha value is -1.13. The van der Waals surface area contributed by atoms with Crippen LogP contribution in [0.5, 0.6) is 0 Å². The van der Waals surface area contributed by atoms with Crippen molar-refractivity contribution in [3.05, 3.63) is 40.6 Å². The fraction of sp³-hybridized carbons (Fsp3) is 0.417. The fourth-order valence-corrected chi connectivity index (χ4v) is 2.55. The summed E-state index contributed by atoms with van der Waals surface area (Å²) in [7, 11) is 0. The van der Waals surface area contributed by atoms with Crippen molar-refractivity contribution in [3.63, 3.8) is 0 Å². The summed E-state index contributed by atoms with van der Waals surface area (Å²) >= 11 is 1.84. The number of imidazole rings is 1. The smallest absolute Gasteiger partial charge is 0.0922 e. The lowest BCUT2D eigenvalue weighted by atomic mass is 10.1. The summed E-state index contributed by atoms with van der Waals surface area (Å²) in [6.07, 6.45) is 4.73. The molecule has 3 nitrogen and oxygen atoms in total. The van der Waals surface area contributed by atoms with Gasteiger partial charge in [0.1, 0.15) is 0 Å². The van der Waals surface area contributed by atoms with Gasteiger partial charge < -0.3 is 10.3 Å². The van der Waals surface area contributed by atoms with Crippen LogP contribution >= 0.6 is 11.3 Å². The van der Waals surface area contributed by atoms with Crippen LogP contribution in [0.25, 0.3) is 0 Å². The van der Waals surface area contributed by atoms with Gasteiger partial charge in [-0.25, -0.2) is 4.98 Å². The first kappa shape index (κ1) is 11.4. The minimum Gasteiger partial charge on any atom is -0.347 e. The number of rotatable bonds is 6. The van der Waals surface area contributed by atoms with Crippen molar-refractivity contribution in [3.8, 4) is 0 Å². The van der Waals surface area contributed by atoms with Crippen LogP contribution in [-0.2, 0) is 13.0 Å². The molecule has 2 N–H and O–H groups in total. The van der Waals surface area contributed by atoms with Gasteiger partial charge in [0.15, 0.2) is 0 Å². The zero-order valence-corrected chi connectivity index (χ0v) is 10.3. The maximum absolute atomic E-state index is 3.99. The lowest BCUT2D eigenvalue weighted by molar-refractivity contribution is 0.511. The molecule has 1 atom stereocenters. The Morgan fingerprint density at radius 1 is 1.56 bits per heavy atom. The number of H-pyrrole nitrogens is 1. The number of hydrogen-bond donors (Lipinski definition) is 2. The van der Waals surface area contributed by atoms with E-state index in [4.69, 9.17) is 0 Å². The zero-order chi connectivity index (χ0) is 11.2. The highest BCUT2D eigenvalue weighted by Crippen LogP contribution is 2.13. The lowest BCUT2D eigenvalue weighted by Gasteiger charge is -2.10. The molecule has 0 fully saturated rings. The van der Waals surface area contributed by atoms with E-state index in [1.807, 2.05) is 17.5 Å². The molecule has 0 bridgehead atoms. The molecule has 2 rings (SSSR count). The summed E-state index contributed by atoms with van der Waals surface area (Å²) in [5, 5.41) is 5.57. The van der Waals surface area contributed by atoms with E-state index in [9.17, 15) is 0 Å². The topological polar surface area (TPSA) is 40.7 Å². The fourth-order valence-electron chi connectivity index (χ4n) is 1.68. The molecule has 0 spiro atoms. The van der Waals surface area contributed by atoms with Gasteiger partial charge in [-0.15, -0.1) is 11.3 Å². The first-order valence-electron chi connectivity index (χ1n) is 5.55. The van der Waals surface area contributed by atoms with Crippen molar-refractivity contribution >= 4 is 11.3 Å². The van der Waals surface area contributed by atoms with Crippen LogP contribution < -0.4 is 5.32 Å². The average molecular weight is 235 g/mol. The zero-order valence-electron chi connectivity index (χ0n) is 9.44. The highest BCUT2D eigenvalue weighted by Gasteiger charge is 2.04. The Labute approximate surface area is 99.9 Å². The van der Waals surface area contributed by atoms with Crippen LogP contribution in [0.3, 0.4) is 0 Å². The van der Waals surface area contributed by atoms with Crippen LogP contribution in [0.15, 0.2) is 30.0 Å². The molecule has 0 saturated heterocycles. The Morgan fingerprint density at radius 2 is 2.50 bits per heavy atom. The average Bonchev–Trinajstić information content (AvgIpc) is 2.90. The summed E-state index contributed by atoms with van der Waals surface area (Å²) in [4.78, 5) is 8.54. The summed E-state index contributed by atoms with van der Waals surface area (Å²) in [6.45, 7) is 4.19. The summed E-state index contributed by atoms with van der Waals surface area (Å²) in [6, 6.07) is 4.32. The Bertz CT molecular complexity index is 380. The van der Waals surface area contributed by atoms with E-state index in [0.29, 0.717) is 5.92 Å². The predicted molar refractivity (Wildman–Crippen MR) is 67.5 cm³/mol. The molecule has 0 radical (unpaired) electrons. The minimum atomic E-state index is 0.668. The number of hydrogen-bond acceptors (Lipinski definition) is 3. The first-order valence-corrected chi connectivity index (χ1v) is 6.43. The summed E-state index contributed by atoms with van der Waals surface area (Å²) < 4.78 is 0. The third kappa shape index (κ3) is 3.47. The Balaban J connectivity index is 1.66. The summed E-state index contributed by atoms with van der Waals surface area (Å²) in [5.74, 6) is 0.668. The van der Waals surface area contributed by atoms with E-state index < -0.39 is 0 Å². The van der Waals surface area contributed by atoms with Crippen LogP contribution in [0.4, 0.5) is 0 Å². The van der Waals surface area contributed by atoms with Crippen LogP contribution in [0.1, 0.15) is 17.5 Å². The standard InChI is InChI=1S/C12H17N3S/c1-10(5-12-3-2-4-16-12)6-13-7-11-8-14-9-15-11/h2-4,8-10,13H,5-7H2,1H3,(H,14,15). The Morgan fingerprint density at radius 3 is 3.19 bits per heavy atom. The molecule has 16 heavy (non-hydrogen) atoms. The molecule has 2 aromatic rings. The highest BCUT2D eigenvalue weighted by molar-refractivity contribution is 7.09. The van der Waals surface area contributed by atoms with E-state index >= 15 is 0 Å². The van der Waals surface area contributed by atoms with E-state index in [1.165, 1.54) is 4.88 Å². The third-order valence-electron chi connectivity index (χ3n) is 2.49. The number of nitrogens with zero attached hydrogens (tertiary/aromatic N) is 1. The molecule has 0 amide bonds. The van der Waals surface area contributed by atoms with E-state index in [-0.39, 0.29) is 0 Å². The Kier molecular flexibility index (Phi) is 4.13. The van der Waals surface area contributed by atoms with Gasteiger partial charge in [0, 0.05) is 23.3 Å². The predicted octanol–water partition coefficient (Wildman–Crippen LogP) is 2.44. The van der Waals surface area contributed by atoms with Gasteiger partial charge >= 0.3 is 0 Å². The number of aromatic amines is 1. The monoisotopic (exact) mass is 235 g/mol. The van der Waals surface area contributed by atoms with Gasteiger partial charge in [-0.2, -0.15) is 0 Å². The molecule has 0 aliphatic rings. The molecule has 86 valence electrons. The SMILES string of the molecule is CC(CNCc1cnc[nH]1)Cc1cccs1. The number of nitrogens with one attached hydrogen (secondary N) is 2. The molecular weight excluding hydrogens is 218 g/mol. The van der Waals surface area contributed by atoms with Crippen molar-refractivity contribution in [2.24, 2.45) is 5.92 Å². The molecule has 0 saturated carbocycles. The third-order valence-corrected chi connectivity index (χ3v) is 3.39. The van der Waals surface area contributed by atoms with E-state index in [0.717, 1.165) is 25.2 Å². The molecule has 0 aliphatic carbocycles. The van der Waals surface area contributed by atoms with Crippen LogP contribution in [0, 0.1) is 5.92 Å². The largest absolute Gasteiger partial charge is 0.347 e. The summed E-state index contributed by atoms with van der Waals surface area (Å²) in [5.41, 5.74) is 1.14. The van der Waals surface area contributed by atoms with Gasteiger partial charge in [-0.3, -0.25) is 0 Å². The molecular formula is C12H17N3S. The molecule has 0 aliphatic heterocycles. The second kappa shape index (κ2) is 5.82. The van der Waals surface area contributed by atoms with Gasteiger partial charge in [-0.05, 0) is 30.3 Å². The van der Waals surface area contributed by atoms with Crippen molar-refractivity contribution in [2.45, 2.75) is 19.9 Å². The number of thiophene rings is 1. The maximum Gasteiger partial charge on any atom is 0.0922 e. The minimum absolute atomic E-state index is 0.668. The first-order chi connectivity index (χ1) is 7.84.